The van der Waals surface area contributed by atoms with Crippen LogP contribution in [0, 0.1) is 5.92 Å². The Balaban J connectivity index is 1.53. The molecule has 2 atom stereocenters. The summed E-state index contributed by atoms with van der Waals surface area (Å²) >= 11 is 0. The van der Waals surface area contributed by atoms with Gasteiger partial charge in [-0.05, 0) is 48.8 Å². The molecule has 21 heavy (non-hydrogen) atoms. The van der Waals surface area contributed by atoms with Gasteiger partial charge in [0.05, 0.1) is 6.10 Å². The second-order valence-corrected chi connectivity index (χ2v) is 6.73. The van der Waals surface area contributed by atoms with E-state index in [-0.39, 0.29) is 6.10 Å². The second kappa shape index (κ2) is 6.80. The fourth-order valence-corrected chi connectivity index (χ4v) is 3.78. The van der Waals surface area contributed by atoms with Crippen molar-refractivity contribution >= 4 is 5.69 Å². The van der Waals surface area contributed by atoms with E-state index in [2.05, 4.69) is 35.5 Å². The third-order valence-corrected chi connectivity index (χ3v) is 5.10. The van der Waals surface area contributed by atoms with Gasteiger partial charge >= 0.3 is 0 Å². The number of aliphatic hydroxyl groups excluding tert-OH is 1. The summed E-state index contributed by atoms with van der Waals surface area (Å²) < 4.78 is 0. The predicted molar refractivity (Wildman–Crippen MR) is 87.7 cm³/mol. The van der Waals surface area contributed by atoms with Gasteiger partial charge in [-0.3, -0.25) is 0 Å². The van der Waals surface area contributed by atoms with Crippen LogP contribution in [0.4, 0.5) is 5.69 Å². The van der Waals surface area contributed by atoms with Crippen molar-refractivity contribution in [1.29, 1.82) is 0 Å². The molecule has 1 heterocycles. The van der Waals surface area contributed by atoms with Crippen molar-refractivity contribution < 1.29 is 5.11 Å². The van der Waals surface area contributed by atoms with Gasteiger partial charge in [-0.15, -0.1) is 0 Å². The summed E-state index contributed by atoms with van der Waals surface area (Å²) in [5.74, 6) is 0.447. The molecular formula is C18H28N2O. The van der Waals surface area contributed by atoms with E-state index in [0.29, 0.717) is 5.92 Å². The smallest absolute Gasteiger partial charge is 0.0580 e. The van der Waals surface area contributed by atoms with Gasteiger partial charge < -0.3 is 15.3 Å². The van der Waals surface area contributed by atoms with Crippen LogP contribution in [-0.4, -0.2) is 31.3 Å². The Morgan fingerprint density at radius 2 is 2.10 bits per heavy atom. The average Bonchev–Trinajstić information content (AvgIpc) is 2.49. The Bertz CT molecular complexity index is 474. The summed E-state index contributed by atoms with van der Waals surface area (Å²) in [6, 6.07) is 6.86. The molecule has 3 nitrogen and oxygen atoms in total. The molecular weight excluding hydrogens is 260 g/mol. The summed E-state index contributed by atoms with van der Waals surface area (Å²) in [5.41, 5.74) is 4.25. The van der Waals surface area contributed by atoms with E-state index < -0.39 is 0 Å². The molecule has 116 valence electrons. The van der Waals surface area contributed by atoms with Crippen LogP contribution < -0.4 is 10.2 Å². The summed E-state index contributed by atoms with van der Waals surface area (Å²) in [6.07, 6.45) is 6.98. The van der Waals surface area contributed by atoms with Gasteiger partial charge in [0.15, 0.2) is 0 Å². The third-order valence-electron chi connectivity index (χ3n) is 5.10. The van der Waals surface area contributed by atoms with Crippen molar-refractivity contribution in [3.63, 3.8) is 0 Å². The maximum Gasteiger partial charge on any atom is 0.0580 e. The van der Waals surface area contributed by atoms with E-state index in [1.165, 1.54) is 55.5 Å². The highest BCUT2D eigenvalue weighted by molar-refractivity contribution is 5.56. The first-order valence-electron chi connectivity index (χ1n) is 8.46. The molecule has 2 N–H and O–H groups in total. The van der Waals surface area contributed by atoms with Crippen molar-refractivity contribution in [2.45, 2.75) is 51.2 Å². The van der Waals surface area contributed by atoms with Gasteiger partial charge in [-0.2, -0.15) is 0 Å². The summed E-state index contributed by atoms with van der Waals surface area (Å²) in [6.45, 7) is 3.03. The first-order chi connectivity index (χ1) is 10.2. The number of aliphatic hydroxyl groups is 1. The van der Waals surface area contributed by atoms with Crippen molar-refractivity contribution in [3.8, 4) is 0 Å². The lowest BCUT2D eigenvalue weighted by molar-refractivity contribution is 0.0695. The molecule has 0 spiro atoms. The molecule has 3 rings (SSSR count). The standard InChI is InChI=1S/C18H28N2O/c1-20-10-4-6-15-11-14(8-9-17(15)20)12-19-13-16-5-2-3-7-18(16)21/h8-9,11,16,18-19,21H,2-7,10,12-13H2,1H3. The molecule has 2 unspecified atom stereocenters. The van der Waals surface area contributed by atoms with E-state index in [1.54, 1.807) is 0 Å². The van der Waals surface area contributed by atoms with Crippen molar-refractivity contribution in [2.24, 2.45) is 5.92 Å². The van der Waals surface area contributed by atoms with Crippen LogP contribution in [0.2, 0.25) is 0 Å². The largest absolute Gasteiger partial charge is 0.393 e. The lowest BCUT2D eigenvalue weighted by atomic mass is 9.86. The van der Waals surface area contributed by atoms with Crippen molar-refractivity contribution in [1.82, 2.24) is 5.32 Å². The normalized spacial score (nSPS) is 25.7. The molecule has 3 heteroatoms. The zero-order valence-corrected chi connectivity index (χ0v) is 13.1. The predicted octanol–water partition coefficient (Wildman–Crippen LogP) is 2.71. The molecule has 0 saturated heterocycles. The highest BCUT2D eigenvalue weighted by Gasteiger charge is 2.22. The zero-order valence-electron chi connectivity index (χ0n) is 13.1. The van der Waals surface area contributed by atoms with E-state index in [9.17, 15) is 5.11 Å². The summed E-state index contributed by atoms with van der Waals surface area (Å²) in [4.78, 5) is 2.36. The van der Waals surface area contributed by atoms with Crippen LogP contribution in [-0.2, 0) is 13.0 Å². The first-order valence-corrected chi connectivity index (χ1v) is 8.46. The van der Waals surface area contributed by atoms with E-state index in [0.717, 1.165) is 19.5 Å². The van der Waals surface area contributed by atoms with Gasteiger partial charge in [-0.1, -0.05) is 25.0 Å². The molecule has 1 aromatic carbocycles. The van der Waals surface area contributed by atoms with Gasteiger partial charge in [0.2, 0.25) is 0 Å². The van der Waals surface area contributed by atoms with Crippen LogP contribution in [0.25, 0.3) is 0 Å². The van der Waals surface area contributed by atoms with E-state index >= 15 is 0 Å². The number of nitrogens with zero attached hydrogens (tertiary/aromatic N) is 1. The quantitative estimate of drug-likeness (QED) is 0.894. The monoisotopic (exact) mass is 288 g/mol. The summed E-state index contributed by atoms with van der Waals surface area (Å²) in [5, 5.41) is 13.6. The molecule has 1 aromatic rings. The molecule has 0 radical (unpaired) electrons. The number of hydrogen-bond donors (Lipinski definition) is 2. The highest BCUT2D eigenvalue weighted by atomic mass is 16.3. The van der Waals surface area contributed by atoms with Gasteiger partial charge in [-0.25, -0.2) is 0 Å². The maximum absolute atomic E-state index is 10.0. The molecule has 0 aromatic heterocycles. The number of hydrogen-bond acceptors (Lipinski definition) is 3. The Kier molecular flexibility index (Phi) is 4.81. The van der Waals surface area contributed by atoms with E-state index in [4.69, 9.17) is 0 Å². The number of rotatable bonds is 4. The van der Waals surface area contributed by atoms with Crippen LogP contribution in [0.5, 0.6) is 0 Å². The molecule has 0 bridgehead atoms. The number of aryl methyl sites for hydroxylation is 1. The fraction of sp³-hybridized carbons (Fsp3) is 0.667. The molecule has 2 aliphatic rings. The lowest BCUT2D eigenvalue weighted by Gasteiger charge is -2.29. The molecule has 1 saturated carbocycles. The van der Waals surface area contributed by atoms with Crippen LogP contribution in [0.15, 0.2) is 18.2 Å². The maximum atomic E-state index is 10.0. The minimum atomic E-state index is -0.0940. The number of fused-ring (bicyclic) bond motifs is 1. The van der Waals surface area contributed by atoms with Crippen LogP contribution >= 0.6 is 0 Å². The van der Waals surface area contributed by atoms with Crippen molar-refractivity contribution in [3.05, 3.63) is 29.3 Å². The van der Waals surface area contributed by atoms with Crippen molar-refractivity contribution in [2.75, 3.05) is 25.0 Å². The number of nitrogens with one attached hydrogen (secondary N) is 1. The molecule has 1 aliphatic carbocycles. The van der Waals surface area contributed by atoms with Gasteiger partial charge in [0.25, 0.3) is 0 Å². The first kappa shape index (κ1) is 14.9. The number of anilines is 1. The Morgan fingerprint density at radius 3 is 2.95 bits per heavy atom. The molecule has 1 aliphatic heterocycles. The average molecular weight is 288 g/mol. The Morgan fingerprint density at radius 1 is 1.24 bits per heavy atom. The molecule has 1 fully saturated rings. The van der Waals surface area contributed by atoms with Crippen LogP contribution in [0.1, 0.15) is 43.2 Å². The Labute approximate surface area is 128 Å². The van der Waals surface area contributed by atoms with E-state index in [1.807, 2.05) is 0 Å². The topological polar surface area (TPSA) is 35.5 Å². The highest BCUT2D eigenvalue weighted by Crippen LogP contribution is 2.27. The second-order valence-electron chi connectivity index (χ2n) is 6.73. The summed E-state index contributed by atoms with van der Waals surface area (Å²) in [7, 11) is 2.18. The third kappa shape index (κ3) is 3.58. The minimum absolute atomic E-state index is 0.0940. The van der Waals surface area contributed by atoms with Gasteiger partial charge in [0, 0.05) is 32.4 Å². The van der Waals surface area contributed by atoms with Gasteiger partial charge in [0.1, 0.15) is 0 Å². The molecule has 0 amide bonds. The number of benzene rings is 1. The zero-order chi connectivity index (χ0) is 14.7. The Hall–Kier alpha value is -1.06. The lowest BCUT2D eigenvalue weighted by Crippen LogP contribution is -2.33. The SMILES string of the molecule is CN1CCCc2cc(CNCC3CCCCC3O)ccc21. The minimum Gasteiger partial charge on any atom is -0.393 e. The fourth-order valence-electron chi connectivity index (χ4n) is 3.78. The van der Waals surface area contributed by atoms with Crippen LogP contribution in [0.3, 0.4) is 0 Å².